The quantitative estimate of drug-likeness (QED) is 0.624. The Morgan fingerprint density at radius 3 is 2.59 bits per heavy atom. The summed E-state index contributed by atoms with van der Waals surface area (Å²) in [6.07, 6.45) is 0.681. The van der Waals surface area contributed by atoms with Gasteiger partial charge in [0.25, 0.3) is 5.91 Å². The molecule has 0 aliphatic carbocycles. The van der Waals surface area contributed by atoms with Crippen LogP contribution in [-0.4, -0.2) is 25.0 Å². The molecule has 0 radical (unpaired) electrons. The van der Waals surface area contributed by atoms with E-state index in [-0.39, 0.29) is 11.8 Å². The number of nitrogens with one attached hydrogen (secondary N) is 2. The molecule has 0 aliphatic rings. The molecule has 5 heteroatoms. The maximum Gasteiger partial charge on any atom is 0.251 e. The van der Waals surface area contributed by atoms with Crippen LogP contribution in [0.3, 0.4) is 0 Å². The molecule has 0 atom stereocenters. The van der Waals surface area contributed by atoms with Gasteiger partial charge in [0.15, 0.2) is 0 Å². The van der Waals surface area contributed by atoms with Crippen molar-refractivity contribution >= 4 is 28.3 Å². The topological polar surface area (TPSA) is 67.4 Å². The van der Waals surface area contributed by atoms with Crippen LogP contribution in [0.1, 0.15) is 23.7 Å². The van der Waals surface area contributed by atoms with Crippen molar-refractivity contribution in [1.82, 2.24) is 5.32 Å². The highest BCUT2D eigenvalue weighted by Gasteiger charge is 2.08. The largest absolute Gasteiger partial charge is 0.493 e. The molecule has 0 saturated heterocycles. The van der Waals surface area contributed by atoms with Gasteiger partial charge in [-0.15, -0.1) is 0 Å². The van der Waals surface area contributed by atoms with E-state index in [9.17, 15) is 9.59 Å². The Balaban J connectivity index is 1.47. The number of anilines is 1. The smallest absolute Gasteiger partial charge is 0.251 e. The maximum atomic E-state index is 12.4. The fraction of sp³-hybridized carbons (Fsp3) is 0.182. The zero-order chi connectivity index (χ0) is 19.1. The third kappa shape index (κ3) is 5.07. The molecule has 0 bridgehead atoms. The molecule has 0 aliphatic heterocycles. The molecule has 2 N–H and O–H groups in total. The van der Waals surface area contributed by atoms with Crippen molar-refractivity contribution < 1.29 is 14.3 Å². The fourth-order valence-electron chi connectivity index (χ4n) is 2.85. The number of hydrogen-bond donors (Lipinski definition) is 2. The van der Waals surface area contributed by atoms with E-state index in [1.54, 1.807) is 12.1 Å². The van der Waals surface area contributed by atoms with Crippen molar-refractivity contribution in [3.8, 4) is 5.75 Å². The summed E-state index contributed by atoms with van der Waals surface area (Å²) in [4.78, 5) is 23.5. The van der Waals surface area contributed by atoms with Crippen molar-refractivity contribution in [3.05, 3.63) is 72.3 Å². The molecule has 2 amide bonds. The molecule has 0 aromatic heterocycles. The Bertz CT molecular complexity index is 948. The van der Waals surface area contributed by atoms with Crippen molar-refractivity contribution in [2.45, 2.75) is 13.3 Å². The van der Waals surface area contributed by atoms with Crippen LogP contribution in [0.2, 0.25) is 0 Å². The first-order valence-corrected chi connectivity index (χ1v) is 8.90. The van der Waals surface area contributed by atoms with Crippen LogP contribution in [0, 0.1) is 0 Å². The average Bonchev–Trinajstić information content (AvgIpc) is 2.67. The lowest BCUT2D eigenvalue weighted by molar-refractivity contribution is -0.114. The molecule has 27 heavy (non-hydrogen) atoms. The van der Waals surface area contributed by atoms with Crippen LogP contribution in [0.25, 0.3) is 10.8 Å². The monoisotopic (exact) mass is 362 g/mol. The Hall–Kier alpha value is -3.34. The molecule has 3 rings (SSSR count). The third-order valence-electron chi connectivity index (χ3n) is 4.06. The molecule has 5 nitrogen and oxygen atoms in total. The Morgan fingerprint density at radius 1 is 0.963 bits per heavy atom. The highest BCUT2D eigenvalue weighted by molar-refractivity contribution is 6.06. The van der Waals surface area contributed by atoms with Gasteiger partial charge in [0.2, 0.25) is 5.91 Å². The van der Waals surface area contributed by atoms with Crippen LogP contribution in [0.4, 0.5) is 5.69 Å². The van der Waals surface area contributed by atoms with Crippen LogP contribution in [-0.2, 0) is 4.79 Å². The lowest BCUT2D eigenvalue weighted by Gasteiger charge is -2.10. The average molecular weight is 362 g/mol. The van der Waals surface area contributed by atoms with Crippen LogP contribution < -0.4 is 15.4 Å². The van der Waals surface area contributed by atoms with Gasteiger partial charge in [-0.1, -0.05) is 42.5 Å². The molecule has 0 heterocycles. The minimum absolute atomic E-state index is 0.0838. The summed E-state index contributed by atoms with van der Waals surface area (Å²) in [6, 6.07) is 20.8. The Kier molecular flexibility index (Phi) is 6.05. The fourth-order valence-corrected chi connectivity index (χ4v) is 2.85. The van der Waals surface area contributed by atoms with Gasteiger partial charge in [0, 0.05) is 30.8 Å². The second-order valence-corrected chi connectivity index (χ2v) is 6.19. The van der Waals surface area contributed by atoms with Gasteiger partial charge in [-0.25, -0.2) is 0 Å². The van der Waals surface area contributed by atoms with Crippen molar-refractivity contribution in [2.75, 3.05) is 18.5 Å². The Labute approximate surface area is 158 Å². The van der Waals surface area contributed by atoms with Crippen molar-refractivity contribution in [1.29, 1.82) is 0 Å². The normalized spacial score (nSPS) is 10.4. The lowest BCUT2D eigenvalue weighted by atomic mass is 10.0. The minimum Gasteiger partial charge on any atom is -0.493 e. The summed E-state index contributed by atoms with van der Waals surface area (Å²) < 4.78 is 5.68. The van der Waals surface area contributed by atoms with Crippen LogP contribution >= 0.6 is 0 Å². The number of fused-ring (bicyclic) bond motifs is 1. The first-order chi connectivity index (χ1) is 13.1. The van der Waals surface area contributed by atoms with Gasteiger partial charge >= 0.3 is 0 Å². The summed E-state index contributed by atoms with van der Waals surface area (Å²) in [5.74, 6) is 0.476. The second-order valence-electron chi connectivity index (χ2n) is 6.19. The zero-order valence-corrected chi connectivity index (χ0v) is 15.2. The number of ether oxygens (including phenoxy) is 1. The summed E-state index contributed by atoms with van der Waals surface area (Å²) >= 11 is 0. The summed E-state index contributed by atoms with van der Waals surface area (Å²) in [5, 5.41) is 7.65. The minimum atomic E-state index is -0.122. The van der Waals surface area contributed by atoms with E-state index < -0.39 is 0 Å². The number of benzene rings is 3. The highest BCUT2D eigenvalue weighted by atomic mass is 16.5. The van der Waals surface area contributed by atoms with E-state index in [4.69, 9.17) is 4.74 Å². The van der Waals surface area contributed by atoms with E-state index in [1.165, 1.54) is 6.92 Å². The molecule has 138 valence electrons. The van der Waals surface area contributed by atoms with Gasteiger partial charge in [-0.05, 0) is 35.4 Å². The summed E-state index contributed by atoms with van der Waals surface area (Å²) in [7, 11) is 0. The van der Waals surface area contributed by atoms with Crippen molar-refractivity contribution in [3.63, 3.8) is 0 Å². The van der Waals surface area contributed by atoms with Gasteiger partial charge in [-0.3, -0.25) is 9.59 Å². The summed E-state index contributed by atoms with van der Waals surface area (Å²) in [6.45, 7) is 2.46. The van der Waals surface area contributed by atoms with Gasteiger partial charge < -0.3 is 15.4 Å². The molecular weight excluding hydrogens is 340 g/mol. The van der Waals surface area contributed by atoms with Gasteiger partial charge in [0.1, 0.15) is 5.75 Å². The van der Waals surface area contributed by atoms with E-state index >= 15 is 0 Å². The number of carbonyl (C=O) groups excluding carboxylic acids is 2. The van der Waals surface area contributed by atoms with E-state index in [0.717, 1.165) is 10.8 Å². The number of rotatable bonds is 7. The lowest BCUT2D eigenvalue weighted by Crippen LogP contribution is -2.25. The third-order valence-corrected chi connectivity index (χ3v) is 4.06. The highest BCUT2D eigenvalue weighted by Crippen LogP contribution is 2.19. The Morgan fingerprint density at radius 2 is 1.74 bits per heavy atom. The summed E-state index contributed by atoms with van der Waals surface area (Å²) in [5.41, 5.74) is 1.38. The predicted molar refractivity (Wildman–Crippen MR) is 107 cm³/mol. The SMILES string of the molecule is CC(=O)Nc1cccc(OCCCNC(=O)c2cccc3ccccc23)c1. The molecule has 3 aromatic rings. The number of amides is 2. The van der Waals surface area contributed by atoms with Gasteiger partial charge in [0.05, 0.1) is 6.61 Å². The number of carbonyl (C=O) groups is 2. The number of hydrogen-bond acceptors (Lipinski definition) is 3. The van der Waals surface area contributed by atoms with E-state index in [0.29, 0.717) is 36.6 Å². The molecule has 0 fully saturated rings. The zero-order valence-electron chi connectivity index (χ0n) is 15.2. The maximum absolute atomic E-state index is 12.4. The second kappa shape index (κ2) is 8.85. The first-order valence-electron chi connectivity index (χ1n) is 8.90. The van der Waals surface area contributed by atoms with Crippen LogP contribution in [0.5, 0.6) is 5.75 Å². The van der Waals surface area contributed by atoms with E-state index in [2.05, 4.69) is 10.6 Å². The molecule has 3 aromatic carbocycles. The standard InChI is InChI=1S/C22H22N2O3/c1-16(25)24-18-9-5-10-19(15-18)27-14-6-13-23-22(26)21-12-4-8-17-7-2-3-11-20(17)21/h2-5,7-12,15H,6,13-14H2,1H3,(H,23,26)(H,24,25). The predicted octanol–water partition coefficient (Wildman–Crippen LogP) is 4.00. The molecule has 0 saturated carbocycles. The first kappa shape index (κ1) is 18.5. The molecule has 0 unspecified atom stereocenters. The molecule has 0 spiro atoms. The van der Waals surface area contributed by atoms with Gasteiger partial charge in [-0.2, -0.15) is 0 Å². The van der Waals surface area contributed by atoms with Crippen LogP contribution in [0.15, 0.2) is 66.7 Å². The molecular formula is C22H22N2O3. The van der Waals surface area contributed by atoms with E-state index in [1.807, 2.05) is 54.6 Å². The van der Waals surface area contributed by atoms with Crippen molar-refractivity contribution in [2.24, 2.45) is 0 Å².